The zero-order valence-electron chi connectivity index (χ0n) is 20.3. The number of carbonyl (C=O) groups excluding carboxylic acids is 4. The zero-order chi connectivity index (χ0) is 27.1. The van der Waals surface area contributed by atoms with Crippen LogP contribution >= 0.6 is 0 Å². The van der Waals surface area contributed by atoms with Crippen molar-refractivity contribution in [3.63, 3.8) is 0 Å². The number of aliphatic hydroxyl groups excluding tert-OH is 3. The maximum atomic E-state index is 13.9. The molecule has 0 aromatic rings. The smallest absolute Gasteiger partial charge is 0.255 e. The number of nitrogens with one attached hydrogen (secondary N) is 1. The Hall–Kier alpha value is -3.06. The molecule has 12 nitrogen and oxygen atoms in total. The van der Waals surface area contributed by atoms with Gasteiger partial charge in [0.05, 0.1) is 17.2 Å². The van der Waals surface area contributed by atoms with Gasteiger partial charge < -0.3 is 41.5 Å². The van der Waals surface area contributed by atoms with Crippen LogP contribution in [0.2, 0.25) is 0 Å². The predicted molar refractivity (Wildman–Crippen MR) is 123 cm³/mol. The van der Waals surface area contributed by atoms with Gasteiger partial charge in [-0.25, -0.2) is 0 Å². The number of fused-ring (bicyclic) bond motifs is 3. The summed E-state index contributed by atoms with van der Waals surface area (Å²) in [7, 11) is 3.39. The summed E-state index contributed by atoms with van der Waals surface area (Å²) in [4.78, 5) is 51.7. The highest BCUT2D eigenvalue weighted by atomic mass is 16.4. The molecule has 36 heavy (non-hydrogen) atoms. The third kappa shape index (κ3) is 3.35. The van der Waals surface area contributed by atoms with E-state index in [0.29, 0.717) is 0 Å². The molecule has 4 aliphatic carbocycles. The zero-order valence-corrected chi connectivity index (χ0v) is 20.3. The first-order valence-electron chi connectivity index (χ1n) is 11.6. The number of ketones is 2. The molecule has 4 rings (SSSR count). The minimum absolute atomic E-state index is 0.0426. The van der Waals surface area contributed by atoms with E-state index in [1.54, 1.807) is 19.0 Å². The van der Waals surface area contributed by atoms with Crippen molar-refractivity contribution < 1.29 is 44.7 Å². The van der Waals surface area contributed by atoms with Crippen molar-refractivity contribution in [2.24, 2.45) is 29.4 Å². The van der Waals surface area contributed by atoms with E-state index in [-0.39, 0.29) is 17.7 Å². The van der Waals surface area contributed by atoms with E-state index in [4.69, 9.17) is 5.73 Å². The molecular weight excluding hydrogens is 474 g/mol. The average Bonchev–Trinajstić information content (AvgIpc) is 2.74. The monoisotopic (exact) mass is 505 g/mol. The summed E-state index contributed by atoms with van der Waals surface area (Å²) in [6.45, 7) is 2.68. The van der Waals surface area contributed by atoms with Crippen LogP contribution in [0.15, 0.2) is 34.4 Å². The van der Waals surface area contributed by atoms with Crippen molar-refractivity contribution in [2.45, 2.75) is 50.0 Å². The number of amides is 2. The van der Waals surface area contributed by atoms with Crippen molar-refractivity contribution in [3.05, 3.63) is 34.4 Å². The molecule has 2 fully saturated rings. The van der Waals surface area contributed by atoms with Gasteiger partial charge in [-0.2, -0.15) is 0 Å². The lowest BCUT2D eigenvalue weighted by molar-refractivity contribution is -0.215. The van der Waals surface area contributed by atoms with Gasteiger partial charge in [0.15, 0.2) is 17.2 Å². The fourth-order valence-electron chi connectivity index (χ4n) is 6.65. The van der Waals surface area contributed by atoms with E-state index in [1.165, 1.54) is 19.9 Å². The molecule has 0 spiro atoms. The summed E-state index contributed by atoms with van der Waals surface area (Å²) >= 11 is 0. The van der Waals surface area contributed by atoms with Gasteiger partial charge in [-0.3, -0.25) is 19.2 Å². The second-order valence-electron chi connectivity index (χ2n) is 10.6. The minimum Gasteiger partial charge on any atom is -0.508 e. The molecule has 8 N–H and O–H groups in total. The summed E-state index contributed by atoms with van der Waals surface area (Å²) in [5.41, 5.74) is -0.210. The van der Waals surface area contributed by atoms with E-state index >= 15 is 0 Å². The molecule has 8 atom stereocenters. The van der Waals surface area contributed by atoms with Gasteiger partial charge >= 0.3 is 0 Å². The number of carbonyl (C=O) groups is 4. The van der Waals surface area contributed by atoms with Crippen LogP contribution in [0.25, 0.3) is 0 Å². The van der Waals surface area contributed by atoms with Crippen molar-refractivity contribution >= 4 is 23.4 Å². The van der Waals surface area contributed by atoms with Crippen LogP contribution in [0.4, 0.5) is 0 Å². The van der Waals surface area contributed by atoms with E-state index in [2.05, 4.69) is 5.32 Å². The predicted octanol–water partition coefficient (Wildman–Crippen LogP) is -1.67. The third-order valence-electron chi connectivity index (χ3n) is 8.31. The van der Waals surface area contributed by atoms with E-state index in [9.17, 15) is 44.7 Å². The van der Waals surface area contributed by atoms with Crippen LogP contribution in [0, 0.1) is 23.7 Å². The molecule has 0 radical (unpaired) electrons. The quantitative estimate of drug-likeness (QED) is 0.217. The molecule has 0 bridgehead atoms. The number of hydrogen-bond acceptors (Lipinski definition) is 10. The van der Waals surface area contributed by atoms with Crippen LogP contribution in [-0.4, -0.2) is 91.3 Å². The van der Waals surface area contributed by atoms with Crippen molar-refractivity contribution in [1.29, 1.82) is 0 Å². The number of nitrogens with zero attached hydrogens (tertiary/aromatic N) is 1. The Labute approximate surface area is 206 Å². The number of primary amides is 1. The second kappa shape index (κ2) is 8.23. The standard InChI is InChI=1S/C24H31N3O9/c1-8(28)26-11-7-12(27(3)4)17-16(18(11)30)19(31)14-10(23(17,2)35)5-9-6-13(29)15(22(25)34)21(33)24(9,36)20(14)32/h7,9-10,12,14,17,20,30,32-33,35-36H,5-6H2,1-4H3,(H2,25,34)(H,26,28)/t9?,10?,12?,14?,17?,20?,23-,24+/m1/s1. The van der Waals surface area contributed by atoms with Gasteiger partial charge in [0.2, 0.25) is 5.91 Å². The Morgan fingerprint density at radius 3 is 2.33 bits per heavy atom. The maximum absolute atomic E-state index is 13.9. The number of Topliss-reactive ketones (excluding diaryl/α,β-unsaturated/α-hetero) is 2. The number of aliphatic hydroxyl groups is 5. The minimum atomic E-state index is -2.56. The number of likely N-dealkylation sites (N-methyl/N-ethyl adjacent to an activating group) is 1. The number of hydrogen-bond donors (Lipinski definition) is 7. The molecule has 6 unspecified atom stereocenters. The average molecular weight is 506 g/mol. The highest BCUT2D eigenvalue weighted by Crippen LogP contribution is 2.58. The van der Waals surface area contributed by atoms with Gasteiger partial charge in [0, 0.05) is 42.7 Å². The van der Waals surface area contributed by atoms with Gasteiger partial charge in [-0.1, -0.05) is 0 Å². The fraction of sp³-hybridized carbons (Fsp3) is 0.583. The lowest BCUT2D eigenvalue weighted by atomic mass is 9.48. The molecule has 2 amide bonds. The summed E-state index contributed by atoms with van der Waals surface area (Å²) in [6.07, 6.45) is -1.10. The first kappa shape index (κ1) is 26.0. The maximum Gasteiger partial charge on any atom is 0.255 e. The molecule has 0 saturated heterocycles. The molecular formula is C24H31N3O9. The molecule has 0 aliphatic heterocycles. The van der Waals surface area contributed by atoms with Crippen molar-refractivity contribution in [2.75, 3.05) is 14.1 Å². The van der Waals surface area contributed by atoms with Crippen LogP contribution in [0.1, 0.15) is 26.7 Å². The molecule has 2 saturated carbocycles. The van der Waals surface area contributed by atoms with Gasteiger partial charge in [0.1, 0.15) is 23.2 Å². The first-order valence-corrected chi connectivity index (χ1v) is 11.6. The Morgan fingerprint density at radius 1 is 1.19 bits per heavy atom. The summed E-state index contributed by atoms with van der Waals surface area (Å²) < 4.78 is 0. The van der Waals surface area contributed by atoms with E-state index < -0.39 is 93.9 Å². The molecule has 0 heterocycles. The molecule has 196 valence electrons. The number of rotatable bonds is 3. The topological polar surface area (TPSA) is 211 Å². The van der Waals surface area contributed by atoms with Gasteiger partial charge in [-0.15, -0.1) is 0 Å². The van der Waals surface area contributed by atoms with Crippen LogP contribution in [0.5, 0.6) is 0 Å². The Bertz CT molecular complexity index is 1170. The van der Waals surface area contributed by atoms with Crippen LogP contribution in [-0.2, 0) is 19.2 Å². The lowest BCUT2D eigenvalue weighted by Gasteiger charge is -2.59. The summed E-state index contributed by atoms with van der Waals surface area (Å²) in [5, 5.41) is 58.9. The molecule has 12 heteroatoms. The Morgan fingerprint density at radius 2 is 1.81 bits per heavy atom. The second-order valence-corrected chi connectivity index (χ2v) is 10.6. The first-order chi connectivity index (χ1) is 16.6. The number of nitrogens with two attached hydrogens (primary N) is 1. The van der Waals surface area contributed by atoms with E-state index in [1.807, 2.05) is 0 Å². The van der Waals surface area contributed by atoms with E-state index in [0.717, 1.165) is 0 Å². The highest BCUT2D eigenvalue weighted by Gasteiger charge is 2.68. The molecule has 0 aromatic heterocycles. The lowest BCUT2D eigenvalue weighted by Crippen LogP contribution is -2.71. The molecule has 0 aromatic carbocycles. The summed E-state index contributed by atoms with van der Waals surface area (Å²) in [5.74, 6) is -9.68. The normalized spacial score (nSPS) is 40.4. The summed E-state index contributed by atoms with van der Waals surface area (Å²) in [6, 6.07) is -0.654. The molecule has 4 aliphatic rings. The van der Waals surface area contributed by atoms with Crippen molar-refractivity contribution in [3.8, 4) is 0 Å². The third-order valence-corrected chi connectivity index (χ3v) is 8.31. The fourth-order valence-corrected chi connectivity index (χ4v) is 6.65. The van der Waals surface area contributed by atoms with Gasteiger partial charge in [0.25, 0.3) is 5.91 Å². The Balaban J connectivity index is 1.91. The largest absolute Gasteiger partial charge is 0.508 e. The van der Waals surface area contributed by atoms with Crippen LogP contribution < -0.4 is 11.1 Å². The van der Waals surface area contributed by atoms with Crippen molar-refractivity contribution in [1.82, 2.24) is 10.2 Å². The highest BCUT2D eigenvalue weighted by molar-refractivity contribution is 6.20. The van der Waals surface area contributed by atoms with Crippen LogP contribution in [0.3, 0.4) is 0 Å². The SMILES string of the molecule is CC(=O)NC1=CC(N(C)C)C2C(=C1O)C(=O)C1C(CC3CC(=O)C(C(N)=O)=C(O)[C@@]3(O)C1O)[C@@]2(C)O. The van der Waals surface area contributed by atoms with Gasteiger partial charge in [-0.05, 0) is 33.5 Å². The Kier molecular flexibility index (Phi) is 5.95.